The van der Waals surface area contributed by atoms with E-state index in [0.29, 0.717) is 0 Å². The van der Waals surface area contributed by atoms with E-state index in [1.165, 1.54) is 17.4 Å². The van der Waals surface area contributed by atoms with Crippen molar-refractivity contribution in [3.63, 3.8) is 0 Å². The van der Waals surface area contributed by atoms with Gasteiger partial charge in [0, 0.05) is 4.88 Å². The van der Waals surface area contributed by atoms with Crippen LogP contribution in [0, 0.1) is 11.3 Å². The second-order valence-corrected chi connectivity index (χ2v) is 3.38. The van der Waals surface area contributed by atoms with Crippen molar-refractivity contribution < 1.29 is 9.53 Å². The zero-order valence-corrected chi connectivity index (χ0v) is 8.50. The molecule has 14 heavy (non-hydrogen) atoms. The Morgan fingerprint density at radius 2 is 2.57 bits per heavy atom. The second-order valence-electron chi connectivity index (χ2n) is 2.41. The molecule has 0 saturated heterocycles. The van der Waals surface area contributed by atoms with E-state index in [2.05, 4.69) is 0 Å². The summed E-state index contributed by atoms with van der Waals surface area (Å²) in [6.07, 6.45) is 1.53. The van der Waals surface area contributed by atoms with Crippen LogP contribution in [0.4, 0.5) is 0 Å². The minimum atomic E-state index is -0.566. The Kier molecular flexibility index (Phi) is 3.89. The minimum absolute atomic E-state index is 0.0364. The molecule has 0 amide bonds. The molecule has 1 heterocycles. The molecule has 0 spiro atoms. The molecule has 0 aromatic carbocycles. The molecule has 0 fully saturated rings. The molecule has 3 nitrogen and oxygen atoms in total. The number of carbonyl (C=O) groups excluding carboxylic acids is 1. The van der Waals surface area contributed by atoms with Crippen molar-refractivity contribution >= 4 is 23.4 Å². The van der Waals surface area contributed by atoms with Gasteiger partial charge in [-0.15, -0.1) is 11.3 Å². The van der Waals surface area contributed by atoms with Crippen molar-refractivity contribution in [2.75, 3.05) is 6.61 Å². The average Bonchev–Trinajstić information content (AvgIpc) is 2.66. The molecule has 4 heteroatoms. The van der Waals surface area contributed by atoms with Gasteiger partial charge in [-0.2, -0.15) is 5.26 Å². The maximum absolute atomic E-state index is 11.2. The van der Waals surface area contributed by atoms with Gasteiger partial charge in [0.15, 0.2) is 0 Å². The Balaban J connectivity index is 2.83. The second kappa shape index (κ2) is 5.20. The summed E-state index contributed by atoms with van der Waals surface area (Å²) >= 11 is 1.47. The van der Waals surface area contributed by atoms with E-state index < -0.39 is 5.97 Å². The molecule has 0 N–H and O–H groups in total. The van der Waals surface area contributed by atoms with Crippen LogP contribution < -0.4 is 0 Å². The first-order valence-corrected chi connectivity index (χ1v) is 4.98. The van der Waals surface area contributed by atoms with Gasteiger partial charge in [-0.1, -0.05) is 6.07 Å². The van der Waals surface area contributed by atoms with Gasteiger partial charge in [0.2, 0.25) is 0 Å². The molecule has 0 aliphatic carbocycles. The van der Waals surface area contributed by atoms with Crippen molar-refractivity contribution in [2.24, 2.45) is 0 Å². The van der Waals surface area contributed by atoms with Crippen molar-refractivity contribution in [1.82, 2.24) is 0 Å². The number of esters is 1. The molecule has 0 saturated carbocycles. The van der Waals surface area contributed by atoms with Crippen LogP contribution in [0.5, 0.6) is 0 Å². The van der Waals surface area contributed by atoms with Gasteiger partial charge in [-0.25, -0.2) is 4.79 Å². The quantitative estimate of drug-likeness (QED) is 0.434. The molecular weight excluding hydrogens is 198 g/mol. The smallest absolute Gasteiger partial charge is 0.348 e. The fourth-order valence-corrected chi connectivity index (χ4v) is 1.52. The summed E-state index contributed by atoms with van der Waals surface area (Å²) in [5.74, 6) is -0.566. The number of nitrogens with zero attached hydrogens (tertiary/aromatic N) is 1. The van der Waals surface area contributed by atoms with Crippen LogP contribution in [0.1, 0.15) is 11.8 Å². The molecule has 1 aromatic heterocycles. The Bertz CT molecular complexity index is 373. The van der Waals surface area contributed by atoms with E-state index in [4.69, 9.17) is 10.00 Å². The van der Waals surface area contributed by atoms with Crippen LogP contribution in [0.3, 0.4) is 0 Å². The SMILES string of the molecule is CCOC(=O)/C(C#N)=C\c1cccs1. The lowest BCUT2D eigenvalue weighted by molar-refractivity contribution is -0.137. The molecular formula is C10H9NO2S. The Morgan fingerprint density at radius 3 is 3.07 bits per heavy atom. The number of hydrogen-bond donors (Lipinski definition) is 0. The van der Waals surface area contributed by atoms with E-state index in [1.54, 1.807) is 6.92 Å². The maximum Gasteiger partial charge on any atom is 0.348 e. The summed E-state index contributed by atoms with van der Waals surface area (Å²) in [6, 6.07) is 5.51. The topological polar surface area (TPSA) is 50.1 Å². The Hall–Kier alpha value is -1.60. The van der Waals surface area contributed by atoms with Crippen molar-refractivity contribution in [3.05, 3.63) is 28.0 Å². The summed E-state index contributed by atoms with van der Waals surface area (Å²) in [5.41, 5.74) is 0.0364. The molecule has 0 bridgehead atoms. The molecule has 0 aliphatic heterocycles. The Labute approximate surface area is 86.2 Å². The van der Waals surface area contributed by atoms with E-state index in [1.807, 2.05) is 23.6 Å². The summed E-state index contributed by atoms with van der Waals surface area (Å²) < 4.78 is 4.72. The maximum atomic E-state index is 11.2. The van der Waals surface area contributed by atoms with Crippen LogP contribution in [0.25, 0.3) is 6.08 Å². The monoisotopic (exact) mass is 207 g/mol. The van der Waals surface area contributed by atoms with Crippen LogP contribution in [-0.2, 0) is 9.53 Å². The summed E-state index contributed by atoms with van der Waals surface area (Å²) in [7, 11) is 0. The number of rotatable bonds is 3. The first-order chi connectivity index (χ1) is 6.77. The van der Waals surface area contributed by atoms with Gasteiger partial charge in [0.1, 0.15) is 11.6 Å². The fourth-order valence-electron chi connectivity index (χ4n) is 0.861. The number of thiophene rings is 1. The third-order valence-corrected chi connectivity index (χ3v) is 2.26. The average molecular weight is 207 g/mol. The number of carbonyl (C=O) groups is 1. The van der Waals surface area contributed by atoms with Crippen molar-refractivity contribution in [1.29, 1.82) is 5.26 Å². The standard InChI is InChI=1S/C10H9NO2S/c1-2-13-10(12)8(7-11)6-9-4-3-5-14-9/h3-6H,2H2,1H3/b8-6-. The minimum Gasteiger partial charge on any atom is -0.462 e. The van der Waals surface area contributed by atoms with Gasteiger partial charge in [0.05, 0.1) is 6.61 Å². The van der Waals surface area contributed by atoms with Crippen LogP contribution in [0.2, 0.25) is 0 Å². The summed E-state index contributed by atoms with van der Waals surface area (Å²) in [5, 5.41) is 10.6. The lowest BCUT2D eigenvalue weighted by atomic mass is 10.2. The highest BCUT2D eigenvalue weighted by Gasteiger charge is 2.09. The van der Waals surface area contributed by atoms with Crippen LogP contribution in [-0.4, -0.2) is 12.6 Å². The van der Waals surface area contributed by atoms with Crippen LogP contribution >= 0.6 is 11.3 Å². The van der Waals surface area contributed by atoms with Crippen molar-refractivity contribution in [3.8, 4) is 6.07 Å². The van der Waals surface area contributed by atoms with E-state index in [0.717, 1.165) is 4.88 Å². The third kappa shape index (κ3) is 2.71. The summed E-state index contributed by atoms with van der Waals surface area (Å²) in [6.45, 7) is 1.99. The first kappa shape index (κ1) is 10.5. The fraction of sp³-hybridized carbons (Fsp3) is 0.200. The first-order valence-electron chi connectivity index (χ1n) is 4.10. The molecule has 0 atom stereocenters. The molecule has 0 unspecified atom stereocenters. The highest BCUT2D eigenvalue weighted by atomic mass is 32.1. The molecule has 0 radical (unpaired) electrons. The van der Waals surface area contributed by atoms with Gasteiger partial charge in [-0.3, -0.25) is 0 Å². The predicted molar refractivity (Wildman–Crippen MR) is 54.5 cm³/mol. The van der Waals surface area contributed by atoms with Gasteiger partial charge >= 0.3 is 5.97 Å². The largest absolute Gasteiger partial charge is 0.462 e. The molecule has 1 aromatic rings. The van der Waals surface area contributed by atoms with Gasteiger partial charge < -0.3 is 4.74 Å². The zero-order chi connectivity index (χ0) is 10.4. The van der Waals surface area contributed by atoms with E-state index in [-0.39, 0.29) is 12.2 Å². The number of nitriles is 1. The van der Waals surface area contributed by atoms with E-state index in [9.17, 15) is 4.79 Å². The normalized spacial score (nSPS) is 10.7. The lowest BCUT2D eigenvalue weighted by Crippen LogP contribution is -2.05. The van der Waals surface area contributed by atoms with Crippen molar-refractivity contribution in [2.45, 2.75) is 6.92 Å². The molecule has 1 rings (SSSR count). The zero-order valence-electron chi connectivity index (χ0n) is 7.69. The highest BCUT2D eigenvalue weighted by molar-refractivity contribution is 7.10. The summed E-state index contributed by atoms with van der Waals surface area (Å²) in [4.78, 5) is 12.1. The molecule has 0 aliphatic rings. The van der Waals surface area contributed by atoms with Gasteiger partial charge in [0.25, 0.3) is 0 Å². The predicted octanol–water partition coefficient (Wildman–Crippen LogP) is 2.22. The third-order valence-electron chi connectivity index (χ3n) is 1.45. The Morgan fingerprint density at radius 1 is 1.79 bits per heavy atom. The van der Waals surface area contributed by atoms with Crippen LogP contribution in [0.15, 0.2) is 23.1 Å². The number of ether oxygens (including phenoxy) is 1. The van der Waals surface area contributed by atoms with E-state index >= 15 is 0 Å². The van der Waals surface area contributed by atoms with Gasteiger partial charge in [-0.05, 0) is 24.4 Å². The number of hydrogen-bond acceptors (Lipinski definition) is 4. The lowest BCUT2D eigenvalue weighted by Gasteiger charge is -1.97. The highest BCUT2D eigenvalue weighted by Crippen LogP contribution is 2.13. The molecule has 72 valence electrons.